The lowest BCUT2D eigenvalue weighted by molar-refractivity contribution is 0.0610. The molecule has 0 saturated carbocycles. The summed E-state index contributed by atoms with van der Waals surface area (Å²) < 4.78 is 0. The fourth-order valence-corrected chi connectivity index (χ4v) is 2.97. The van der Waals surface area contributed by atoms with Gasteiger partial charge in [0.1, 0.15) is 0 Å². The average Bonchev–Trinajstić information content (AvgIpc) is 2.57. The lowest BCUT2D eigenvalue weighted by Crippen LogP contribution is -2.45. The van der Waals surface area contributed by atoms with Crippen LogP contribution in [0, 0.1) is 0 Å². The largest absolute Gasteiger partial charge is 0.395 e. The van der Waals surface area contributed by atoms with Crippen LogP contribution in [-0.4, -0.2) is 53.3 Å². The maximum Gasteiger partial charge on any atom is 0.275 e. The van der Waals surface area contributed by atoms with Gasteiger partial charge in [-0.25, -0.2) is 10.9 Å². The zero-order valence-electron chi connectivity index (χ0n) is 12.4. The SMILES string of the molecule is NN1C(=O)c2cccc3c(N(CCO)CCO)ccc(c23)C1=O. The Morgan fingerprint density at radius 1 is 0.957 bits per heavy atom. The lowest BCUT2D eigenvalue weighted by Gasteiger charge is -2.28. The van der Waals surface area contributed by atoms with Gasteiger partial charge in [-0.05, 0) is 18.2 Å². The van der Waals surface area contributed by atoms with Gasteiger partial charge in [0.15, 0.2) is 0 Å². The summed E-state index contributed by atoms with van der Waals surface area (Å²) in [6.45, 7) is 0.531. The van der Waals surface area contributed by atoms with E-state index in [2.05, 4.69) is 0 Å². The van der Waals surface area contributed by atoms with E-state index in [0.29, 0.717) is 34.6 Å². The number of nitrogens with zero attached hydrogens (tertiary/aromatic N) is 2. The molecule has 0 spiro atoms. The number of nitrogens with two attached hydrogens (primary N) is 1. The molecule has 0 bridgehead atoms. The van der Waals surface area contributed by atoms with E-state index in [9.17, 15) is 19.8 Å². The van der Waals surface area contributed by atoms with Crippen molar-refractivity contribution < 1.29 is 19.8 Å². The number of benzene rings is 2. The Morgan fingerprint density at radius 2 is 1.57 bits per heavy atom. The minimum absolute atomic E-state index is 0.0720. The molecule has 0 aromatic heterocycles. The summed E-state index contributed by atoms with van der Waals surface area (Å²) in [4.78, 5) is 26.3. The van der Waals surface area contributed by atoms with Crippen LogP contribution in [0.25, 0.3) is 10.8 Å². The maximum atomic E-state index is 12.2. The van der Waals surface area contributed by atoms with Crippen molar-refractivity contribution in [3.05, 3.63) is 41.5 Å². The predicted octanol–water partition coefficient (Wildman–Crippen LogP) is 0.101. The number of aliphatic hydroxyl groups is 2. The Kier molecular flexibility index (Phi) is 3.99. The molecule has 0 fully saturated rings. The lowest BCUT2D eigenvalue weighted by atomic mass is 9.93. The summed E-state index contributed by atoms with van der Waals surface area (Å²) in [5, 5.41) is 20.4. The van der Waals surface area contributed by atoms with Gasteiger partial charge in [-0.3, -0.25) is 9.59 Å². The number of hydrazine groups is 1. The molecule has 1 aliphatic rings. The smallest absolute Gasteiger partial charge is 0.275 e. The molecule has 2 aromatic rings. The van der Waals surface area contributed by atoms with E-state index in [-0.39, 0.29) is 13.2 Å². The number of hydrogen-bond acceptors (Lipinski definition) is 6. The van der Waals surface area contributed by atoms with Gasteiger partial charge in [-0.15, -0.1) is 0 Å². The summed E-state index contributed by atoms with van der Waals surface area (Å²) in [7, 11) is 0. The molecule has 4 N–H and O–H groups in total. The van der Waals surface area contributed by atoms with Gasteiger partial charge in [-0.2, -0.15) is 0 Å². The summed E-state index contributed by atoms with van der Waals surface area (Å²) in [6, 6.07) is 8.53. The van der Waals surface area contributed by atoms with Gasteiger partial charge in [-0.1, -0.05) is 12.1 Å². The topological polar surface area (TPSA) is 107 Å². The van der Waals surface area contributed by atoms with Crippen LogP contribution in [0.15, 0.2) is 30.3 Å². The highest BCUT2D eigenvalue weighted by Crippen LogP contribution is 2.35. The van der Waals surface area contributed by atoms with Crippen LogP contribution < -0.4 is 10.7 Å². The van der Waals surface area contributed by atoms with E-state index in [4.69, 9.17) is 5.84 Å². The average molecular weight is 315 g/mol. The van der Waals surface area contributed by atoms with Gasteiger partial charge >= 0.3 is 0 Å². The van der Waals surface area contributed by atoms with E-state index < -0.39 is 11.8 Å². The molecule has 0 radical (unpaired) electrons. The van der Waals surface area contributed by atoms with Crippen molar-refractivity contribution in [3.63, 3.8) is 0 Å². The monoisotopic (exact) mass is 315 g/mol. The Morgan fingerprint density at radius 3 is 2.17 bits per heavy atom. The fraction of sp³-hybridized carbons (Fsp3) is 0.250. The van der Waals surface area contributed by atoms with Gasteiger partial charge in [0.25, 0.3) is 11.8 Å². The fourth-order valence-electron chi connectivity index (χ4n) is 2.97. The molecule has 1 aliphatic heterocycles. The Hall–Kier alpha value is -2.48. The molecule has 23 heavy (non-hydrogen) atoms. The standard InChI is InChI=1S/C16H17N3O4/c17-19-15(22)11-3-1-2-10-13(18(6-8-20)7-9-21)5-4-12(14(10)11)16(19)23/h1-5,20-21H,6-9,17H2. The molecular weight excluding hydrogens is 298 g/mol. The maximum absolute atomic E-state index is 12.2. The zero-order valence-corrected chi connectivity index (χ0v) is 12.4. The Labute approximate surface area is 132 Å². The molecule has 1 heterocycles. The number of carbonyl (C=O) groups excluding carboxylic acids is 2. The molecule has 0 aliphatic carbocycles. The second-order valence-corrected chi connectivity index (χ2v) is 5.27. The van der Waals surface area contributed by atoms with Gasteiger partial charge in [0.2, 0.25) is 0 Å². The highest BCUT2D eigenvalue weighted by molar-refractivity contribution is 6.26. The second kappa shape index (κ2) is 5.96. The first kappa shape index (κ1) is 15.4. The van der Waals surface area contributed by atoms with Crippen LogP contribution in [-0.2, 0) is 0 Å². The van der Waals surface area contributed by atoms with Crippen molar-refractivity contribution in [1.82, 2.24) is 5.01 Å². The van der Waals surface area contributed by atoms with E-state index in [1.54, 1.807) is 24.3 Å². The minimum atomic E-state index is -0.541. The first-order valence-corrected chi connectivity index (χ1v) is 7.26. The van der Waals surface area contributed by atoms with Crippen molar-refractivity contribution >= 4 is 28.3 Å². The van der Waals surface area contributed by atoms with Crippen LogP contribution in [0.4, 0.5) is 5.69 Å². The van der Waals surface area contributed by atoms with Crippen LogP contribution in [0.3, 0.4) is 0 Å². The molecule has 2 aromatic carbocycles. The van der Waals surface area contributed by atoms with Crippen LogP contribution in [0.1, 0.15) is 20.7 Å². The van der Waals surface area contributed by atoms with Gasteiger partial charge < -0.3 is 15.1 Å². The molecule has 7 nitrogen and oxygen atoms in total. The molecule has 0 unspecified atom stereocenters. The van der Waals surface area contributed by atoms with Crippen molar-refractivity contribution in [2.24, 2.45) is 5.84 Å². The molecule has 3 rings (SSSR count). The van der Waals surface area contributed by atoms with Crippen molar-refractivity contribution in [1.29, 1.82) is 0 Å². The van der Waals surface area contributed by atoms with Gasteiger partial charge in [0.05, 0.1) is 24.3 Å². The first-order valence-electron chi connectivity index (χ1n) is 7.26. The second-order valence-electron chi connectivity index (χ2n) is 5.27. The van der Waals surface area contributed by atoms with Crippen molar-refractivity contribution in [2.75, 3.05) is 31.2 Å². The number of carbonyl (C=O) groups is 2. The molecule has 120 valence electrons. The molecule has 7 heteroatoms. The Balaban J connectivity index is 2.26. The van der Waals surface area contributed by atoms with Crippen molar-refractivity contribution in [2.45, 2.75) is 0 Å². The summed E-state index contributed by atoms with van der Waals surface area (Å²) in [5.41, 5.74) is 1.49. The van der Waals surface area contributed by atoms with Crippen LogP contribution in [0.2, 0.25) is 0 Å². The number of aliphatic hydroxyl groups excluding tert-OH is 2. The number of rotatable bonds is 5. The quantitative estimate of drug-likeness (QED) is 0.410. The molecule has 0 atom stereocenters. The van der Waals surface area contributed by atoms with E-state index in [0.717, 1.165) is 11.1 Å². The van der Waals surface area contributed by atoms with E-state index in [1.165, 1.54) is 0 Å². The molecular formula is C16H17N3O4. The van der Waals surface area contributed by atoms with Crippen LogP contribution in [0.5, 0.6) is 0 Å². The number of imide groups is 1. The molecule has 0 saturated heterocycles. The van der Waals surface area contributed by atoms with Crippen LogP contribution >= 0.6 is 0 Å². The predicted molar refractivity (Wildman–Crippen MR) is 85.0 cm³/mol. The summed E-state index contributed by atoms with van der Waals surface area (Å²) in [5.74, 6) is 4.48. The van der Waals surface area contributed by atoms with E-state index >= 15 is 0 Å². The van der Waals surface area contributed by atoms with Gasteiger partial charge in [0, 0.05) is 29.5 Å². The molecule has 2 amide bonds. The number of hydrogen-bond donors (Lipinski definition) is 3. The normalized spacial score (nSPS) is 13.8. The van der Waals surface area contributed by atoms with Crippen molar-refractivity contribution in [3.8, 4) is 0 Å². The zero-order chi connectivity index (χ0) is 16.6. The summed E-state index contributed by atoms with van der Waals surface area (Å²) in [6.07, 6.45) is 0. The third-order valence-electron chi connectivity index (χ3n) is 4.00. The first-order chi connectivity index (χ1) is 11.1. The highest BCUT2D eigenvalue weighted by atomic mass is 16.3. The van der Waals surface area contributed by atoms with E-state index in [1.807, 2.05) is 11.0 Å². The number of anilines is 1. The Bertz CT molecular complexity index is 762. The minimum Gasteiger partial charge on any atom is -0.395 e. The number of amides is 2. The highest BCUT2D eigenvalue weighted by Gasteiger charge is 2.31. The summed E-state index contributed by atoms with van der Waals surface area (Å²) >= 11 is 0. The third-order valence-corrected chi connectivity index (χ3v) is 4.00. The third kappa shape index (κ3) is 2.35.